The van der Waals surface area contributed by atoms with Crippen LogP contribution in [0.3, 0.4) is 0 Å². The molecule has 30 heavy (non-hydrogen) atoms. The van der Waals surface area contributed by atoms with Gasteiger partial charge in [0, 0.05) is 23.2 Å². The van der Waals surface area contributed by atoms with Crippen molar-refractivity contribution < 1.29 is 28.5 Å². The first kappa shape index (κ1) is 19.3. The number of carbonyl (C=O) groups excluding carboxylic acids is 2. The summed E-state index contributed by atoms with van der Waals surface area (Å²) in [7, 11) is 1.38. The molecule has 6 rings (SSSR count). The second kappa shape index (κ2) is 5.50. The van der Waals surface area contributed by atoms with E-state index in [2.05, 4.69) is 20.8 Å². The normalized spacial score (nSPS) is 55.4. The van der Waals surface area contributed by atoms with E-state index in [1.807, 2.05) is 6.08 Å². The van der Waals surface area contributed by atoms with Crippen LogP contribution in [-0.2, 0) is 23.7 Å². The topological polar surface area (TPSA) is 77.7 Å². The van der Waals surface area contributed by atoms with Gasteiger partial charge in [0.25, 0.3) is 0 Å². The lowest BCUT2D eigenvalue weighted by Crippen LogP contribution is -2.65. The van der Waals surface area contributed by atoms with Gasteiger partial charge >= 0.3 is 6.16 Å². The van der Waals surface area contributed by atoms with Crippen LogP contribution in [-0.4, -0.2) is 42.6 Å². The van der Waals surface area contributed by atoms with E-state index in [0.29, 0.717) is 24.9 Å². The Bertz CT molecular complexity index is 875. The Morgan fingerprint density at radius 2 is 1.93 bits per heavy atom. The molecule has 2 saturated heterocycles. The van der Waals surface area contributed by atoms with Crippen LogP contribution in [0, 0.1) is 28.6 Å². The minimum Gasteiger partial charge on any atom is -0.438 e. The van der Waals surface area contributed by atoms with Gasteiger partial charge in [0.1, 0.15) is 17.8 Å². The highest BCUT2D eigenvalue weighted by molar-refractivity contribution is 5.91. The quantitative estimate of drug-likeness (QED) is 0.472. The molecule has 4 aliphatic carbocycles. The lowest BCUT2D eigenvalue weighted by atomic mass is 9.44. The van der Waals surface area contributed by atoms with Crippen LogP contribution in [0.4, 0.5) is 4.79 Å². The zero-order valence-electron chi connectivity index (χ0n) is 18.4. The Labute approximate surface area is 177 Å². The molecule has 0 bridgehead atoms. The summed E-state index contributed by atoms with van der Waals surface area (Å²) >= 11 is 0. The van der Waals surface area contributed by atoms with Crippen LogP contribution < -0.4 is 0 Å². The third-order valence-corrected chi connectivity index (χ3v) is 10.3. The number of epoxide rings is 2. The van der Waals surface area contributed by atoms with Crippen molar-refractivity contribution in [2.24, 2.45) is 28.6 Å². The number of ether oxygens (including phenoxy) is 4. The van der Waals surface area contributed by atoms with Gasteiger partial charge in [-0.3, -0.25) is 4.79 Å². The first-order valence-electron chi connectivity index (χ1n) is 11.5. The summed E-state index contributed by atoms with van der Waals surface area (Å²) in [5.41, 5.74) is 0.0248. The van der Waals surface area contributed by atoms with Crippen LogP contribution in [0.5, 0.6) is 0 Å². The van der Waals surface area contributed by atoms with E-state index in [0.717, 1.165) is 44.1 Å². The van der Waals surface area contributed by atoms with Crippen molar-refractivity contribution in [3.8, 4) is 0 Å². The minimum absolute atomic E-state index is 0.0125. The molecule has 0 aromatic rings. The van der Waals surface area contributed by atoms with Crippen LogP contribution in [0.25, 0.3) is 0 Å². The lowest BCUT2D eigenvalue weighted by molar-refractivity contribution is -0.201. The number of fused-ring (bicyclic) bond motifs is 7. The van der Waals surface area contributed by atoms with E-state index >= 15 is 0 Å². The molecule has 164 valence electrons. The smallest absolute Gasteiger partial charge is 0.438 e. The minimum atomic E-state index is -0.632. The fraction of sp³-hybridized carbons (Fsp3) is 0.833. The summed E-state index contributed by atoms with van der Waals surface area (Å²) in [5.74, 6) is 0.891. The van der Waals surface area contributed by atoms with Gasteiger partial charge in [-0.2, -0.15) is 0 Å². The van der Waals surface area contributed by atoms with Gasteiger partial charge in [-0.1, -0.05) is 26.3 Å². The van der Waals surface area contributed by atoms with E-state index in [9.17, 15) is 9.59 Å². The molecular weight excluding hydrogens is 384 g/mol. The molecule has 0 aromatic carbocycles. The highest BCUT2D eigenvalue weighted by Gasteiger charge is 2.91. The number of rotatable bonds is 1. The monoisotopic (exact) mass is 416 g/mol. The molecular formula is C24H32O6. The van der Waals surface area contributed by atoms with Gasteiger partial charge in [0.05, 0.1) is 7.11 Å². The van der Waals surface area contributed by atoms with Gasteiger partial charge in [0.15, 0.2) is 5.78 Å². The largest absolute Gasteiger partial charge is 0.508 e. The van der Waals surface area contributed by atoms with Crippen molar-refractivity contribution in [3.63, 3.8) is 0 Å². The maximum Gasteiger partial charge on any atom is 0.508 e. The maximum atomic E-state index is 12.5. The number of hydrogen-bond acceptors (Lipinski definition) is 6. The first-order valence-corrected chi connectivity index (χ1v) is 11.5. The van der Waals surface area contributed by atoms with Crippen molar-refractivity contribution >= 4 is 11.9 Å². The first-order chi connectivity index (χ1) is 14.2. The Balaban J connectivity index is 1.46. The zero-order chi connectivity index (χ0) is 21.2. The van der Waals surface area contributed by atoms with E-state index in [1.165, 1.54) is 7.11 Å². The second-order valence-corrected chi connectivity index (χ2v) is 11.1. The molecule has 6 nitrogen and oxygen atoms in total. The van der Waals surface area contributed by atoms with Gasteiger partial charge < -0.3 is 18.9 Å². The van der Waals surface area contributed by atoms with Gasteiger partial charge in [-0.15, -0.1) is 0 Å². The van der Waals surface area contributed by atoms with E-state index in [1.54, 1.807) is 0 Å². The van der Waals surface area contributed by atoms with Crippen molar-refractivity contribution in [2.75, 3.05) is 13.7 Å². The van der Waals surface area contributed by atoms with Gasteiger partial charge in [-0.05, 0) is 56.4 Å². The number of carbonyl (C=O) groups is 2. The van der Waals surface area contributed by atoms with Gasteiger partial charge in [-0.25, -0.2) is 4.79 Å². The second-order valence-electron chi connectivity index (χ2n) is 11.1. The van der Waals surface area contributed by atoms with E-state index < -0.39 is 11.8 Å². The molecule has 6 heteroatoms. The molecule has 2 heterocycles. The molecule has 6 aliphatic rings. The Morgan fingerprint density at radius 1 is 1.17 bits per heavy atom. The Hall–Kier alpha value is -1.40. The summed E-state index contributed by atoms with van der Waals surface area (Å²) in [6.07, 6.45) is 7.08. The molecule has 8 atom stereocenters. The zero-order valence-corrected chi connectivity index (χ0v) is 18.4. The number of hydrogen-bond donors (Lipinski definition) is 0. The van der Waals surface area contributed by atoms with Crippen LogP contribution in [0.1, 0.15) is 65.7 Å². The fourth-order valence-corrected chi connectivity index (χ4v) is 8.83. The lowest BCUT2D eigenvalue weighted by Gasteiger charge is -2.63. The fourth-order valence-electron chi connectivity index (χ4n) is 8.83. The van der Waals surface area contributed by atoms with E-state index in [-0.39, 0.29) is 33.9 Å². The molecule has 0 aromatic heterocycles. The predicted octanol–water partition coefficient (Wildman–Crippen LogP) is 4.17. The molecule has 0 radical (unpaired) electrons. The van der Waals surface area contributed by atoms with E-state index in [4.69, 9.17) is 18.9 Å². The highest BCUT2D eigenvalue weighted by Crippen LogP contribution is 2.80. The standard InChI is InChI=1S/C24H32O6/c1-14-11-18-17-6-5-15-12-16(25)7-8-20(15,2)22(17,29-19(26)27-4)10-9-21(18,3)24(14)23(30-24)13-28-23/h12,14,17-18H,5-11,13H2,1-4H3/t14-,17-,18-,20-,21-,22+,23?,24+/m0/s1. The van der Waals surface area contributed by atoms with Crippen molar-refractivity contribution in [3.05, 3.63) is 11.6 Å². The molecule has 2 aliphatic heterocycles. The molecule has 1 unspecified atom stereocenters. The third-order valence-electron chi connectivity index (χ3n) is 10.3. The van der Waals surface area contributed by atoms with Crippen molar-refractivity contribution in [2.45, 2.75) is 82.7 Å². The average molecular weight is 417 g/mol. The summed E-state index contributed by atoms with van der Waals surface area (Å²) in [4.78, 5) is 24.7. The van der Waals surface area contributed by atoms with Gasteiger partial charge in [0.2, 0.25) is 5.79 Å². The third kappa shape index (κ3) is 1.91. The van der Waals surface area contributed by atoms with Crippen LogP contribution in [0.2, 0.25) is 0 Å². The summed E-state index contributed by atoms with van der Waals surface area (Å²) in [6, 6.07) is 0. The predicted molar refractivity (Wildman–Crippen MR) is 106 cm³/mol. The maximum absolute atomic E-state index is 12.5. The average Bonchev–Trinajstić information content (AvgIpc) is 3.62. The highest BCUT2D eigenvalue weighted by atomic mass is 16.9. The Kier molecular flexibility index (Phi) is 3.54. The number of methoxy groups -OCH3 is 1. The van der Waals surface area contributed by atoms with Crippen LogP contribution >= 0.6 is 0 Å². The molecule has 2 spiro atoms. The summed E-state index contributed by atoms with van der Waals surface area (Å²) < 4.78 is 23.5. The molecule has 0 amide bonds. The molecule has 0 N–H and O–H groups in total. The summed E-state index contributed by atoms with van der Waals surface area (Å²) in [5, 5.41) is 0. The van der Waals surface area contributed by atoms with Crippen molar-refractivity contribution in [1.29, 1.82) is 0 Å². The molecule has 5 fully saturated rings. The molecule has 3 saturated carbocycles. The van der Waals surface area contributed by atoms with Crippen LogP contribution in [0.15, 0.2) is 11.6 Å². The van der Waals surface area contributed by atoms with Crippen molar-refractivity contribution in [1.82, 2.24) is 0 Å². The Morgan fingerprint density at radius 3 is 2.60 bits per heavy atom. The SMILES string of the molecule is COC(=O)O[C@]12CC[C@@]3(C)[C@@H](C[C@H](C)[C@@]34OC43CO3)[C@@H]1CCC1=CC(=O)CC[C@@]12C. The number of ketones is 1. The summed E-state index contributed by atoms with van der Waals surface area (Å²) in [6.45, 7) is 7.62.